The molecule has 0 spiro atoms. The largest absolute Gasteiger partial charge is 0.480 e. The number of rotatable bonds is 5. The molecule has 1 atom stereocenters. The Bertz CT molecular complexity index is 411. The summed E-state index contributed by atoms with van der Waals surface area (Å²) in [5.41, 5.74) is 6.99. The molecule has 5 nitrogen and oxygen atoms in total. The number of aromatic nitrogens is 2. The number of nitrogens with zero attached hydrogens (tertiary/aromatic N) is 2. The Kier molecular flexibility index (Phi) is 5.27. The average molecular weight is 283 g/mol. The highest BCUT2D eigenvalue weighted by atomic mass is 32.2. The molecule has 19 heavy (non-hydrogen) atoms. The second-order valence-corrected chi connectivity index (χ2v) is 5.93. The molecule has 0 aliphatic carbocycles. The molecule has 106 valence electrons. The lowest BCUT2D eigenvalue weighted by atomic mass is 9.93. The van der Waals surface area contributed by atoms with Crippen molar-refractivity contribution in [2.75, 3.05) is 25.7 Å². The van der Waals surface area contributed by atoms with Gasteiger partial charge in [0.05, 0.1) is 26.5 Å². The van der Waals surface area contributed by atoms with Crippen molar-refractivity contribution in [2.45, 2.75) is 25.3 Å². The Hall–Kier alpha value is -1.01. The molecule has 1 fully saturated rings. The van der Waals surface area contributed by atoms with E-state index in [2.05, 4.69) is 9.97 Å². The minimum atomic E-state index is -0.124. The van der Waals surface area contributed by atoms with Crippen molar-refractivity contribution in [3.05, 3.63) is 11.9 Å². The van der Waals surface area contributed by atoms with E-state index >= 15 is 0 Å². The fourth-order valence-corrected chi connectivity index (χ4v) is 3.53. The molecule has 2 heterocycles. The smallest absolute Gasteiger partial charge is 0.240 e. The van der Waals surface area contributed by atoms with Crippen LogP contribution in [0.2, 0.25) is 0 Å². The first-order valence-electron chi connectivity index (χ1n) is 6.52. The van der Waals surface area contributed by atoms with Gasteiger partial charge in [0.15, 0.2) is 0 Å². The molecule has 0 saturated carbocycles. The van der Waals surface area contributed by atoms with E-state index in [4.69, 9.17) is 15.2 Å². The van der Waals surface area contributed by atoms with Crippen molar-refractivity contribution in [3.8, 4) is 11.8 Å². The van der Waals surface area contributed by atoms with Crippen LogP contribution in [0.1, 0.15) is 31.0 Å². The van der Waals surface area contributed by atoms with E-state index in [1.807, 2.05) is 11.8 Å². The second kappa shape index (κ2) is 6.96. The van der Waals surface area contributed by atoms with Crippen LogP contribution in [0.15, 0.2) is 6.20 Å². The zero-order valence-corrected chi connectivity index (χ0v) is 12.3. The fourth-order valence-electron chi connectivity index (χ4n) is 2.32. The number of thioether (sulfide) groups is 1. The van der Waals surface area contributed by atoms with Gasteiger partial charge in [0.25, 0.3) is 0 Å². The number of methoxy groups -OCH3 is 2. The van der Waals surface area contributed by atoms with Crippen LogP contribution in [0.5, 0.6) is 11.8 Å². The van der Waals surface area contributed by atoms with Crippen molar-refractivity contribution < 1.29 is 9.47 Å². The summed E-state index contributed by atoms with van der Waals surface area (Å²) in [5.74, 6) is 4.08. The van der Waals surface area contributed by atoms with Crippen LogP contribution in [0.3, 0.4) is 0 Å². The SMILES string of the molecule is COc1cnc(C(N)CC2CCSCC2)c(OC)n1. The van der Waals surface area contributed by atoms with Crippen LogP contribution in [0, 0.1) is 5.92 Å². The monoisotopic (exact) mass is 283 g/mol. The zero-order valence-electron chi connectivity index (χ0n) is 11.5. The van der Waals surface area contributed by atoms with Gasteiger partial charge in [-0.1, -0.05) is 0 Å². The van der Waals surface area contributed by atoms with Gasteiger partial charge in [-0.2, -0.15) is 16.7 Å². The Morgan fingerprint density at radius 1 is 1.37 bits per heavy atom. The molecular weight excluding hydrogens is 262 g/mol. The first kappa shape index (κ1) is 14.4. The Morgan fingerprint density at radius 3 is 2.74 bits per heavy atom. The molecule has 0 amide bonds. The standard InChI is InChI=1S/C13H21N3O2S/c1-17-11-8-15-12(13(16-11)18-2)10(14)7-9-3-5-19-6-4-9/h8-10H,3-7,14H2,1-2H3. The number of ether oxygens (including phenoxy) is 2. The van der Waals surface area contributed by atoms with E-state index in [-0.39, 0.29) is 6.04 Å². The molecule has 0 radical (unpaired) electrons. The second-order valence-electron chi connectivity index (χ2n) is 4.70. The summed E-state index contributed by atoms with van der Waals surface area (Å²) in [5, 5.41) is 0. The van der Waals surface area contributed by atoms with Crippen LogP contribution >= 0.6 is 11.8 Å². The maximum atomic E-state index is 6.26. The summed E-state index contributed by atoms with van der Waals surface area (Å²) >= 11 is 2.02. The van der Waals surface area contributed by atoms with E-state index < -0.39 is 0 Å². The summed E-state index contributed by atoms with van der Waals surface area (Å²) < 4.78 is 10.3. The fraction of sp³-hybridized carbons (Fsp3) is 0.692. The van der Waals surface area contributed by atoms with Gasteiger partial charge in [-0.15, -0.1) is 0 Å². The van der Waals surface area contributed by atoms with E-state index in [1.165, 1.54) is 24.3 Å². The van der Waals surface area contributed by atoms with Crippen molar-refractivity contribution in [1.29, 1.82) is 0 Å². The molecule has 0 aromatic carbocycles. The highest BCUT2D eigenvalue weighted by molar-refractivity contribution is 7.99. The molecule has 1 aliphatic rings. The highest BCUT2D eigenvalue weighted by Crippen LogP contribution is 2.32. The molecule has 1 aromatic heterocycles. The topological polar surface area (TPSA) is 70.3 Å². The first-order chi connectivity index (χ1) is 9.24. The van der Waals surface area contributed by atoms with Gasteiger partial charge in [0.1, 0.15) is 5.69 Å². The van der Waals surface area contributed by atoms with E-state index in [9.17, 15) is 0 Å². The molecule has 6 heteroatoms. The van der Waals surface area contributed by atoms with E-state index in [0.29, 0.717) is 17.7 Å². The lowest BCUT2D eigenvalue weighted by molar-refractivity contribution is 0.344. The third kappa shape index (κ3) is 3.73. The number of nitrogens with two attached hydrogens (primary N) is 1. The van der Waals surface area contributed by atoms with Gasteiger partial charge < -0.3 is 15.2 Å². The summed E-state index contributed by atoms with van der Waals surface area (Å²) in [4.78, 5) is 8.58. The molecule has 2 rings (SSSR count). The van der Waals surface area contributed by atoms with Crippen LogP contribution in [-0.2, 0) is 0 Å². The van der Waals surface area contributed by atoms with Crippen molar-refractivity contribution in [2.24, 2.45) is 11.7 Å². The molecule has 1 aliphatic heterocycles. The normalized spacial score (nSPS) is 18.1. The van der Waals surface area contributed by atoms with Gasteiger partial charge in [-0.05, 0) is 36.7 Å². The minimum absolute atomic E-state index is 0.124. The van der Waals surface area contributed by atoms with Crippen LogP contribution in [-0.4, -0.2) is 35.7 Å². The summed E-state index contributed by atoms with van der Waals surface area (Å²) in [6.45, 7) is 0. The third-order valence-corrected chi connectivity index (χ3v) is 4.48. The lowest BCUT2D eigenvalue weighted by Crippen LogP contribution is -2.20. The van der Waals surface area contributed by atoms with Crippen LogP contribution in [0.25, 0.3) is 0 Å². The van der Waals surface area contributed by atoms with Crippen molar-refractivity contribution in [3.63, 3.8) is 0 Å². The Labute approximate surface area is 118 Å². The molecule has 0 bridgehead atoms. The van der Waals surface area contributed by atoms with Crippen molar-refractivity contribution >= 4 is 11.8 Å². The molecular formula is C13H21N3O2S. The summed E-state index contributed by atoms with van der Waals surface area (Å²) in [7, 11) is 3.14. The Morgan fingerprint density at radius 2 is 2.11 bits per heavy atom. The average Bonchev–Trinajstić information content (AvgIpc) is 2.47. The molecule has 1 saturated heterocycles. The van der Waals surface area contributed by atoms with Gasteiger partial charge in [-0.3, -0.25) is 0 Å². The lowest BCUT2D eigenvalue weighted by Gasteiger charge is -2.24. The first-order valence-corrected chi connectivity index (χ1v) is 7.68. The number of hydrogen-bond acceptors (Lipinski definition) is 6. The van der Waals surface area contributed by atoms with Crippen LogP contribution < -0.4 is 15.2 Å². The van der Waals surface area contributed by atoms with Crippen molar-refractivity contribution in [1.82, 2.24) is 9.97 Å². The molecule has 2 N–H and O–H groups in total. The van der Waals surface area contributed by atoms with Crippen LogP contribution in [0.4, 0.5) is 0 Å². The van der Waals surface area contributed by atoms with Gasteiger partial charge in [0.2, 0.25) is 11.8 Å². The summed E-state index contributed by atoms with van der Waals surface area (Å²) in [6, 6.07) is -0.124. The third-order valence-electron chi connectivity index (χ3n) is 3.43. The quantitative estimate of drug-likeness (QED) is 0.891. The van der Waals surface area contributed by atoms with Gasteiger partial charge in [0, 0.05) is 0 Å². The summed E-state index contributed by atoms with van der Waals surface area (Å²) in [6.07, 6.45) is 5.01. The van der Waals surface area contributed by atoms with E-state index in [1.54, 1.807) is 20.4 Å². The van der Waals surface area contributed by atoms with Gasteiger partial charge in [-0.25, -0.2) is 4.98 Å². The maximum Gasteiger partial charge on any atom is 0.240 e. The number of hydrogen-bond donors (Lipinski definition) is 1. The van der Waals surface area contributed by atoms with Gasteiger partial charge >= 0.3 is 0 Å². The zero-order chi connectivity index (χ0) is 13.7. The Balaban J connectivity index is 2.06. The predicted octanol–water partition coefficient (Wildman–Crippen LogP) is 2.03. The highest BCUT2D eigenvalue weighted by Gasteiger charge is 2.22. The predicted molar refractivity (Wildman–Crippen MR) is 76.7 cm³/mol. The maximum absolute atomic E-state index is 6.26. The van der Waals surface area contributed by atoms with E-state index in [0.717, 1.165) is 12.1 Å². The molecule has 1 unspecified atom stereocenters. The minimum Gasteiger partial charge on any atom is -0.480 e. The molecule has 1 aromatic rings.